The number of carbonyl (C=O) groups is 1. The molecule has 0 fully saturated rings. The van der Waals surface area contributed by atoms with Crippen molar-refractivity contribution >= 4 is 27.6 Å². The number of hydrogen-bond donors (Lipinski definition) is 0. The lowest BCUT2D eigenvalue weighted by Crippen LogP contribution is -2.50. The highest BCUT2D eigenvalue weighted by molar-refractivity contribution is 9.09. The summed E-state index contributed by atoms with van der Waals surface area (Å²) in [6, 6.07) is 0. The fraction of sp³-hybridized carbons (Fsp3) is 0.818. The molecule has 0 N–H and O–H groups in total. The van der Waals surface area contributed by atoms with Gasteiger partial charge in [-0.05, 0) is 20.8 Å². The summed E-state index contributed by atoms with van der Waals surface area (Å²) in [4.78, 5) is 16.6. The van der Waals surface area contributed by atoms with Crippen LogP contribution in [0.25, 0.3) is 0 Å². The van der Waals surface area contributed by atoms with Crippen molar-refractivity contribution in [3.05, 3.63) is 0 Å². The van der Waals surface area contributed by atoms with Crippen molar-refractivity contribution in [3.63, 3.8) is 0 Å². The fourth-order valence-electron chi connectivity index (χ4n) is 1.34. The monoisotopic (exact) mass is 325 g/mol. The van der Waals surface area contributed by atoms with E-state index in [4.69, 9.17) is 14.2 Å². The van der Waals surface area contributed by atoms with E-state index in [-0.39, 0.29) is 17.6 Å². The molecule has 106 valence electrons. The Morgan fingerprint density at radius 2 is 1.72 bits per heavy atom. The Bertz CT molecular complexity index is 277. The molecule has 0 radical (unpaired) electrons. The van der Waals surface area contributed by atoms with E-state index < -0.39 is 11.8 Å². The van der Waals surface area contributed by atoms with E-state index >= 15 is 0 Å². The zero-order valence-corrected chi connectivity index (χ0v) is 12.8. The first-order chi connectivity index (χ1) is 8.61. The van der Waals surface area contributed by atoms with Gasteiger partial charge in [-0.15, -0.1) is 0 Å². The lowest BCUT2D eigenvalue weighted by molar-refractivity contribution is -0.174. The molecule has 0 aliphatic rings. The maximum absolute atomic E-state index is 11.9. The van der Waals surface area contributed by atoms with Gasteiger partial charge >= 0.3 is 5.97 Å². The van der Waals surface area contributed by atoms with Gasteiger partial charge in [-0.2, -0.15) is 0 Å². The number of nitrogens with zero attached hydrogens (tertiary/aromatic N) is 1. The van der Waals surface area contributed by atoms with Crippen molar-refractivity contribution in [2.45, 2.75) is 26.6 Å². The highest BCUT2D eigenvalue weighted by atomic mass is 79.9. The van der Waals surface area contributed by atoms with E-state index in [0.717, 1.165) is 0 Å². The van der Waals surface area contributed by atoms with Crippen molar-refractivity contribution in [2.24, 2.45) is 5.16 Å². The van der Waals surface area contributed by atoms with Gasteiger partial charge in [0.1, 0.15) is 7.11 Å². The van der Waals surface area contributed by atoms with E-state index in [0.29, 0.717) is 13.2 Å². The van der Waals surface area contributed by atoms with Gasteiger partial charge in [-0.1, -0.05) is 21.1 Å². The third kappa shape index (κ3) is 4.55. The molecule has 0 aliphatic heterocycles. The first-order valence-corrected chi connectivity index (χ1v) is 6.86. The molecular formula is C11H20BrNO5. The van der Waals surface area contributed by atoms with E-state index in [1.54, 1.807) is 20.8 Å². The topological polar surface area (TPSA) is 66.4 Å². The molecule has 0 unspecified atom stereocenters. The second-order valence-electron chi connectivity index (χ2n) is 3.10. The molecule has 0 bridgehead atoms. The second-order valence-corrected chi connectivity index (χ2v) is 3.66. The van der Waals surface area contributed by atoms with Crippen LogP contribution in [0.4, 0.5) is 0 Å². The van der Waals surface area contributed by atoms with Gasteiger partial charge in [0, 0.05) is 13.2 Å². The standard InChI is InChI=1S/C11H20BrNO5/c1-5-16-10(14)9(13-15-4)11(8-12,17-6-2)18-7-3/h5-8H2,1-4H3/b13-9+. The maximum Gasteiger partial charge on any atom is 0.361 e. The molecule has 6 nitrogen and oxygen atoms in total. The van der Waals surface area contributed by atoms with Crippen molar-refractivity contribution in [1.29, 1.82) is 0 Å². The summed E-state index contributed by atoms with van der Waals surface area (Å²) in [5, 5.41) is 3.92. The summed E-state index contributed by atoms with van der Waals surface area (Å²) in [5.74, 6) is -1.92. The first-order valence-electron chi connectivity index (χ1n) is 5.74. The SMILES string of the molecule is CCOC(=O)/C(=N\OC)C(CBr)(OCC)OCC. The van der Waals surface area contributed by atoms with Gasteiger partial charge in [-0.25, -0.2) is 4.79 Å². The van der Waals surface area contributed by atoms with Crippen molar-refractivity contribution < 1.29 is 23.8 Å². The number of carbonyl (C=O) groups excluding carboxylic acids is 1. The van der Waals surface area contributed by atoms with Crippen LogP contribution in [0.1, 0.15) is 20.8 Å². The van der Waals surface area contributed by atoms with E-state index in [9.17, 15) is 4.79 Å². The maximum atomic E-state index is 11.9. The Morgan fingerprint density at radius 1 is 1.17 bits per heavy atom. The molecule has 0 atom stereocenters. The van der Waals surface area contributed by atoms with Gasteiger partial charge in [0.25, 0.3) is 0 Å². The normalized spacial score (nSPS) is 12.4. The van der Waals surface area contributed by atoms with Crippen LogP contribution in [-0.4, -0.2) is 49.7 Å². The smallest absolute Gasteiger partial charge is 0.361 e. The molecule has 7 heteroatoms. The number of alkyl halides is 1. The molecule has 0 aromatic heterocycles. The molecule has 0 rings (SSSR count). The van der Waals surface area contributed by atoms with Crippen LogP contribution in [0.2, 0.25) is 0 Å². The Morgan fingerprint density at radius 3 is 2.06 bits per heavy atom. The third-order valence-corrected chi connectivity index (χ3v) is 2.68. The highest BCUT2D eigenvalue weighted by Crippen LogP contribution is 2.20. The summed E-state index contributed by atoms with van der Waals surface area (Å²) in [6.45, 7) is 6.25. The number of rotatable bonds is 9. The molecule has 0 aromatic rings. The van der Waals surface area contributed by atoms with Gasteiger partial charge in [-0.3, -0.25) is 0 Å². The summed E-state index contributed by atoms with van der Waals surface area (Å²) >= 11 is 3.27. The molecular weight excluding hydrogens is 306 g/mol. The van der Waals surface area contributed by atoms with Crippen LogP contribution < -0.4 is 0 Å². The average molecular weight is 326 g/mol. The van der Waals surface area contributed by atoms with Crippen LogP contribution >= 0.6 is 15.9 Å². The molecule has 0 heterocycles. The van der Waals surface area contributed by atoms with E-state index in [1.807, 2.05) is 0 Å². The number of hydrogen-bond acceptors (Lipinski definition) is 6. The Balaban J connectivity index is 5.32. The molecule has 18 heavy (non-hydrogen) atoms. The second kappa shape index (κ2) is 9.29. The third-order valence-electron chi connectivity index (χ3n) is 1.94. The van der Waals surface area contributed by atoms with Crippen LogP contribution in [0, 0.1) is 0 Å². The molecule has 0 spiro atoms. The zero-order chi connectivity index (χ0) is 14.0. The Kier molecular flexibility index (Phi) is 8.95. The molecule has 0 aromatic carbocycles. The Labute approximate surface area is 116 Å². The minimum absolute atomic E-state index is 0.0487. The van der Waals surface area contributed by atoms with Gasteiger partial charge in [0.2, 0.25) is 11.5 Å². The van der Waals surface area contributed by atoms with Crippen LogP contribution in [0.15, 0.2) is 5.16 Å². The van der Waals surface area contributed by atoms with Crippen molar-refractivity contribution in [1.82, 2.24) is 0 Å². The summed E-state index contributed by atoms with van der Waals surface area (Å²) in [5.41, 5.74) is -0.0487. The van der Waals surface area contributed by atoms with Crippen LogP contribution in [0.3, 0.4) is 0 Å². The van der Waals surface area contributed by atoms with E-state index in [2.05, 4.69) is 25.9 Å². The summed E-state index contributed by atoms with van der Waals surface area (Å²) < 4.78 is 16.0. The van der Waals surface area contributed by atoms with Crippen molar-refractivity contribution in [3.8, 4) is 0 Å². The lowest BCUT2D eigenvalue weighted by Gasteiger charge is -2.30. The summed E-state index contributed by atoms with van der Waals surface area (Å²) in [7, 11) is 1.34. The lowest BCUT2D eigenvalue weighted by atomic mass is 10.2. The van der Waals surface area contributed by atoms with Crippen LogP contribution in [-0.2, 0) is 23.8 Å². The highest BCUT2D eigenvalue weighted by Gasteiger charge is 2.43. The van der Waals surface area contributed by atoms with Gasteiger partial charge < -0.3 is 19.0 Å². The Hall–Kier alpha value is -0.660. The zero-order valence-electron chi connectivity index (χ0n) is 11.2. The molecule has 0 saturated carbocycles. The fourth-order valence-corrected chi connectivity index (χ4v) is 1.93. The van der Waals surface area contributed by atoms with Crippen LogP contribution in [0.5, 0.6) is 0 Å². The molecule has 0 aliphatic carbocycles. The largest absolute Gasteiger partial charge is 0.461 e. The number of esters is 1. The number of oxime groups is 1. The quantitative estimate of drug-likeness (QED) is 0.212. The molecule has 0 amide bonds. The number of ether oxygens (including phenoxy) is 3. The van der Waals surface area contributed by atoms with Gasteiger partial charge in [0.05, 0.1) is 11.9 Å². The van der Waals surface area contributed by atoms with E-state index in [1.165, 1.54) is 7.11 Å². The van der Waals surface area contributed by atoms with Gasteiger partial charge in [0.15, 0.2) is 0 Å². The van der Waals surface area contributed by atoms with Crippen molar-refractivity contribution in [2.75, 3.05) is 32.3 Å². The molecule has 0 saturated heterocycles. The first kappa shape index (κ1) is 17.3. The average Bonchev–Trinajstić information content (AvgIpc) is 2.36. The minimum Gasteiger partial charge on any atom is -0.461 e. The summed E-state index contributed by atoms with van der Waals surface area (Å²) in [6.07, 6.45) is 0. The predicted octanol–water partition coefficient (Wildman–Crippen LogP) is 1.72. The number of halogens is 1. The minimum atomic E-state index is -1.30. The predicted molar refractivity (Wildman–Crippen MR) is 70.9 cm³/mol.